The average molecular weight is 463 g/mol. The molecule has 0 fully saturated rings. The molecule has 33 heavy (non-hydrogen) atoms. The summed E-state index contributed by atoms with van der Waals surface area (Å²) in [5, 5.41) is 2.68. The van der Waals surface area contributed by atoms with Gasteiger partial charge in [0.2, 0.25) is 15.9 Å². The van der Waals surface area contributed by atoms with Crippen molar-refractivity contribution in [3.63, 3.8) is 0 Å². The van der Waals surface area contributed by atoms with Crippen molar-refractivity contribution in [2.45, 2.75) is 24.8 Å². The van der Waals surface area contributed by atoms with E-state index < -0.39 is 40.1 Å². The maximum atomic E-state index is 13.4. The van der Waals surface area contributed by atoms with Crippen LogP contribution in [0.4, 0.5) is 5.69 Å². The van der Waals surface area contributed by atoms with E-state index in [4.69, 9.17) is 0 Å². The molecule has 3 aromatic carbocycles. The van der Waals surface area contributed by atoms with Crippen LogP contribution in [0.3, 0.4) is 0 Å². The average Bonchev–Trinajstić information content (AvgIpc) is 2.77. The zero-order valence-corrected chi connectivity index (χ0v) is 18.9. The van der Waals surface area contributed by atoms with Crippen LogP contribution in [0.2, 0.25) is 0 Å². The third kappa shape index (κ3) is 4.35. The quantitative estimate of drug-likeness (QED) is 0.463. The molecule has 0 bridgehead atoms. The number of carbonyl (C=O) groups is 3. The Balaban J connectivity index is 1.74. The molecular weight excluding hydrogens is 440 g/mol. The minimum absolute atomic E-state index is 0.0576. The van der Waals surface area contributed by atoms with Gasteiger partial charge >= 0.3 is 0 Å². The van der Waals surface area contributed by atoms with Gasteiger partial charge in [-0.2, -0.15) is 4.31 Å². The fourth-order valence-corrected chi connectivity index (χ4v) is 5.72. The number of fused-ring (bicyclic) bond motifs is 1. The molecule has 1 N–H and O–H groups in total. The van der Waals surface area contributed by atoms with E-state index in [0.29, 0.717) is 9.99 Å². The van der Waals surface area contributed by atoms with E-state index in [1.807, 2.05) is 19.9 Å². The number of nitrogens with zero attached hydrogens (tertiary/aromatic N) is 1. The van der Waals surface area contributed by atoms with Crippen molar-refractivity contribution in [2.75, 3.05) is 11.9 Å². The molecule has 1 atom stereocenters. The van der Waals surface area contributed by atoms with Crippen LogP contribution in [0.1, 0.15) is 31.8 Å². The lowest BCUT2D eigenvalue weighted by Gasteiger charge is -2.33. The lowest BCUT2D eigenvalue weighted by Crippen LogP contribution is -2.55. The summed E-state index contributed by atoms with van der Waals surface area (Å²) in [6.07, 6.45) is 0. The number of ketones is 2. The molecule has 1 aliphatic heterocycles. The first kappa shape index (κ1) is 22.6. The van der Waals surface area contributed by atoms with Crippen molar-refractivity contribution < 1.29 is 22.8 Å². The van der Waals surface area contributed by atoms with Gasteiger partial charge in [0.15, 0.2) is 17.6 Å². The van der Waals surface area contributed by atoms with Crippen LogP contribution in [0.15, 0.2) is 77.7 Å². The van der Waals surface area contributed by atoms with Gasteiger partial charge in [-0.25, -0.2) is 8.42 Å². The molecule has 1 amide bonds. The van der Waals surface area contributed by atoms with Gasteiger partial charge in [0.05, 0.1) is 11.4 Å². The molecule has 168 valence electrons. The summed E-state index contributed by atoms with van der Waals surface area (Å²) in [7, 11) is -4.29. The summed E-state index contributed by atoms with van der Waals surface area (Å²) in [5.74, 6) is -1.99. The zero-order valence-electron chi connectivity index (χ0n) is 18.1. The van der Waals surface area contributed by atoms with Crippen molar-refractivity contribution in [3.8, 4) is 0 Å². The Kier molecular flexibility index (Phi) is 5.97. The Morgan fingerprint density at radius 1 is 0.909 bits per heavy atom. The van der Waals surface area contributed by atoms with Crippen molar-refractivity contribution >= 4 is 33.2 Å². The van der Waals surface area contributed by atoms with Crippen molar-refractivity contribution in [1.29, 1.82) is 0 Å². The van der Waals surface area contributed by atoms with E-state index in [1.54, 1.807) is 36.4 Å². The second kappa shape index (κ2) is 8.73. The largest absolute Gasteiger partial charge is 0.325 e. The smallest absolute Gasteiger partial charge is 0.245 e. The highest BCUT2D eigenvalue weighted by Gasteiger charge is 2.48. The molecule has 1 unspecified atom stereocenters. The van der Waals surface area contributed by atoms with Crippen LogP contribution in [0.5, 0.6) is 0 Å². The van der Waals surface area contributed by atoms with Gasteiger partial charge in [-0.15, -0.1) is 0 Å². The van der Waals surface area contributed by atoms with Crippen LogP contribution in [-0.2, 0) is 14.8 Å². The molecule has 4 rings (SSSR count). The first-order valence-electron chi connectivity index (χ1n) is 10.3. The van der Waals surface area contributed by atoms with E-state index in [0.717, 1.165) is 11.1 Å². The SMILES string of the molecule is Cc1cc(C)cc(NC(=O)CN2C(C(=O)c3ccccc3)C(=O)c3ccccc3S2(=O)=O)c1. The number of rotatable bonds is 5. The van der Waals surface area contributed by atoms with Crippen LogP contribution >= 0.6 is 0 Å². The number of nitrogens with one attached hydrogen (secondary N) is 1. The Hall–Kier alpha value is -3.62. The monoisotopic (exact) mass is 462 g/mol. The predicted molar refractivity (Wildman–Crippen MR) is 124 cm³/mol. The fraction of sp³-hybridized carbons (Fsp3) is 0.160. The Bertz CT molecular complexity index is 1350. The van der Waals surface area contributed by atoms with Crippen LogP contribution < -0.4 is 5.32 Å². The number of benzene rings is 3. The van der Waals surface area contributed by atoms with Gasteiger partial charge in [0.1, 0.15) is 0 Å². The minimum atomic E-state index is -4.29. The summed E-state index contributed by atoms with van der Waals surface area (Å²) in [5.41, 5.74) is 2.49. The molecule has 0 spiro atoms. The third-order valence-corrected chi connectivity index (χ3v) is 7.26. The molecular formula is C25H22N2O5S. The summed E-state index contributed by atoms with van der Waals surface area (Å²) in [4.78, 5) is 39.2. The fourth-order valence-electron chi connectivity index (χ4n) is 4.01. The standard InChI is InChI=1S/C25H22N2O5S/c1-16-12-17(2)14-19(13-16)26-22(28)15-27-23(24(29)18-8-4-3-5-9-18)25(30)20-10-6-7-11-21(20)33(27,31)32/h3-14,23H,15H2,1-2H3,(H,26,28). The lowest BCUT2D eigenvalue weighted by molar-refractivity contribution is -0.116. The molecule has 3 aromatic rings. The molecule has 1 aliphatic rings. The van der Waals surface area contributed by atoms with Crippen molar-refractivity contribution in [2.24, 2.45) is 0 Å². The number of aryl methyl sites for hydroxylation is 2. The summed E-state index contributed by atoms with van der Waals surface area (Å²) >= 11 is 0. The van der Waals surface area contributed by atoms with Gasteiger partial charge in [-0.05, 0) is 49.2 Å². The highest BCUT2D eigenvalue weighted by molar-refractivity contribution is 7.89. The first-order chi connectivity index (χ1) is 15.7. The topological polar surface area (TPSA) is 101 Å². The maximum Gasteiger partial charge on any atom is 0.245 e. The summed E-state index contributed by atoms with van der Waals surface area (Å²) < 4.78 is 27.6. The molecule has 7 nitrogen and oxygen atoms in total. The first-order valence-corrected chi connectivity index (χ1v) is 11.7. The summed E-state index contributed by atoms with van der Waals surface area (Å²) in [6, 6.07) is 17.5. The highest BCUT2D eigenvalue weighted by atomic mass is 32.2. The van der Waals surface area contributed by atoms with Crippen molar-refractivity contribution in [1.82, 2.24) is 4.31 Å². The molecule has 0 saturated heterocycles. The van der Waals surface area contributed by atoms with Crippen LogP contribution in [0, 0.1) is 13.8 Å². The number of anilines is 1. The predicted octanol–water partition coefficient (Wildman–Crippen LogP) is 3.38. The third-order valence-electron chi connectivity index (χ3n) is 5.39. The second-order valence-electron chi connectivity index (χ2n) is 7.97. The number of Topliss-reactive ketones (excluding diaryl/α,β-unsaturated/α-hetero) is 2. The number of sulfonamides is 1. The van der Waals surface area contributed by atoms with Crippen molar-refractivity contribution in [3.05, 3.63) is 95.1 Å². The normalized spacial score (nSPS) is 17.3. The maximum absolute atomic E-state index is 13.4. The Morgan fingerprint density at radius 2 is 1.52 bits per heavy atom. The Morgan fingerprint density at radius 3 is 2.18 bits per heavy atom. The van der Waals surface area contributed by atoms with Gasteiger partial charge < -0.3 is 5.32 Å². The van der Waals surface area contributed by atoms with Gasteiger partial charge in [0, 0.05) is 16.8 Å². The van der Waals surface area contributed by atoms with E-state index in [-0.39, 0.29) is 16.0 Å². The van der Waals surface area contributed by atoms with E-state index in [2.05, 4.69) is 5.32 Å². The number of carbonyl (C=O) groups excluding carboxylic acids is 3. The number of amides is 1. The molecule has 0 radical (unpaired) electrons. The summed E-state index contributed by atoms with van der Waals surface area (Å²) in [6.45, 7) is 3.07. The second-order valence-corrected chi connectivity index (χ2v) is 9.83. The Labute approximate surface area is 192 Å². The van der Waals surface area contributed by atoms with Gasteiger partial charge in [-0.3, -0.25) is 14.4 Å². The minimum Gasteiger partial charge on any atom is -0.325 e. The highest BCUT2D eigenvalue weighted by Crippen LogP contribution is 2.31. The number of hydrogen-bond acceptors (Lipinski definition) is 5. The molecule has 0 aromatic heterocycles. The van der Waals surface area contributed by atoms with E-state index in [9.17, 15) is 22.8 Å². The van der Waals surface area contributed by atoms with E-state index >= 15 is 0 Å². The molecule has 1 heterocycles. The van der Waals surface area contributed by atoms with Gasteiger partial charge in [-0.1, -0.05) is 48.5 Å². The lowest BCUT2D eigenvalue weighted by atomic mass is 9.96. The molecule has 0 aliphatic carbocycles. The van der Waals surface area contributed by atoms with Crippen LogP contribution in [0.25, 0.3) is 0 Å². The molecule has 0 saturated carbocycles. The van der Waals surface area contributed by atoms with Crippen LogP contribution in [-0.4, -0.2) is 42.8 Å². The zero-order chi connectivity index (χ0) is 23.8. The molecule has 8 heteroatoms. The van der Waals surface area contributed by atoms with E-state index in [1.165, 1.54) is 30.3 Å². The number of hydrogen-bond donors (Lipinski definition) is 1. The van der Waals surface area contributed by atoms with Gasteiger partial charge in [0.25, 0.3) is 0 Å².